The molecule has 0 atom stereocenters. The second-order valence-electron chi connectivity index (χ2n) is 5.16. The molecule has 19 heavy (non-hydrogen) atoms. The second kappa shape index (κ2) is 6.40. The Labute approximate surface area is 119 Å². The van der Waals surface area contributed by atoms with Gasteiger partial charge in [-0.25, -0.2) is 0 Å². The van der Waals surface area contributed by atoms with Crippen LogP contribution < -0.4 is 4.90 Å². The Hall–Kier alpha value is -1.06. The van der Waals surface area contributed by atoms with Crippen molar-refractivity contribution in [2.75, 3.05) is 31.7 Å². The van der Waals surface area contributed by atoms with Gasteiger partial charge in [0.25, 0.3) is 0 Å². The number of nitrogens with zero attached hydrogens (tertiary/aromatic N) is 1. The number of likely N-dealkylation sites (N-methyl/N-ethyl adjacent to an activating group) is 1. The smallest absolute Gasteiger partial charge is 0.161 e. The highest BCUT2D eigenvalue weighted by Gasteiger charge is 2.21. The second-order valence-corrected chi connectivity index (χ2v) is 5.57. The van der Waals surface area contributed by atoms with Crippen LogP contribution in [0.3, 0.4) is 0 Å². The van der Waals surface area contributed by atoms with Gasteiger partial charge in [0.1, 0.15) is 0 Å². The van der Waals surface area contributed by atoms with E-state index in [9.17, 15) is 4.79 Å². The van der Waals surface area contributed by atoms with Gasteiger partial charge < -0.3 is 9.64 Å². The van der Waals surface area contributed by atoms with E-state index in [2.05, 4.69) is 4.90 Å². The third-order valence-corrected chi connectivity index (χ3v) is 3.71. The molecule has 2 rings (SSSR count). The van der Waals surface area contributed by atoms with Crippen molar-refractivity contribution in [1.82, 2.24) is 0 Å². The fraction of sp³-hybridized carbons (Fsp3) is 0.533. The fourth-order valence-corrected chi connectivity index (χ4v) is 2.20. The van der Waals surface area contributed by atoms with Crippen molar-refractivity contribution in [3.63, 3.8) is 0 Å². The minimum atomic E-state index is -0.00744. The largest absolute Gasteiger partial charge is 0.379 e. The number of hydrogen-bond donors (Lipinski definition) is 0. The highest BCUT2D eigenvalue weighted by atomic mass is 35.5. The molecule has 104 valence electrons. The molecule has 0 N–H and O–H groups in total. The standard InChI is InChI=1S/C15H20ClNO2/c1-11(18)14-6-5-13(9-15(14)16)17(2)7-8-19-10-12-3-4-12/h5-6,9,12H,3-4,7-8,10H2,1-2H3. The zero-order chi connectivity index (χ0) is 13.8. The van der Waals surface area contributed by atoms with Gasteiger partial charge in [0, 0.05) is 31.5 Å². The molecule has 0 amide bonds. The minimum Gasteiger partial charge on any atom is -0.379 e. The first-order valence-electron chi connectivity index (χ1n) is 6.67. The molecule has 1 aliphatic carbocycles. The molecule has 0 bridgehead atoms. The monoisotopic (exact) mass is 281 g/mol. The zero-order valence-corrected chi connectivity index (χ0v) is 12.2. The van der Waals surface area contributed by atoms with E-state index < -0.39 is 0 Å². The molecule has 1 aromatic carbocycles. The number of anilines is 1. The van der Waals surface area contributed by atoms with Gasteiger partial charge >= 0.3 is 0 Å². The maximum absolute atomic E-state index is 11.3. The Balaban J connectivity index is 1.85. The summed E-state index contributed by atoms with van der Waals surface area (Å²) in [6.45, 7) is 3.95. The summed E-state index contributed by atoms with van der Waals surface area (Å²) in [7, 11) is 2.00. The van der Waals surface area contributed by atoms with Crippen molar-refractivity contribution in [2.45, 2.75) is 19.8 Å². The summed E-state index contributed by atoms with van der Waals surface area (Å²) in [6, 6.07) is 5.53. The Kier molecular flexibility index (Phi) is 4.83. The first-order chi connectivity index (χ1) is 9.08. The normalized spacial score (nSPS) is 14.5. The summed E-state index contributed by atoms with van der Waals surface area (Å²) < 4.78 is 5.61. The van der Waals surface area contributed by atoms with Gasteiger partial charge in [0.2, 0.25) is 0 Å². The Morgan fingerprint density at radius 3 is 2.79 bits per heavy atom. The van der Waals surface area contributed by atoms with E-state index in [-0.39, 0.29) is 5.78 Å². The zero-order valence-electron chi connectivity index (χ0n) is 11.5. The minimum absolute atomic E-state index is 0.00744. The summed E-state index contributed by atoms with van der Waals surface area (Å²) in [5, 5.41) is 0.510. The van der Waals surface area contributed by atoms with E-state index in [1.807, 2.05) is 19.2 Å². The van der Waals surface area contributed by atoms with Crippen molar-refractivity contribution in [1.29, 1.82) is 0 Å². The summed E-state index contributed by atoms with van der Waals surface area (Å²) in [5.74, 6) is 0.793. The predicted molar refractivity (Wildman–Crippen MR) is 78.3 cm³/mol. The molecule has 3 nitrogen and oxygen atoms in total. The van der Waals surface area contributed by atoms with Crippen LogP contribution in [0.5, 0.6) is 0 Å². The van der Waals surface area contributed by atoms with Gasteiger partial charge in [-0.05, 0) is 43.9 Å². The highest BCUT2D eigenvalue weighted by molar-refractivity contribution is 6.34. The van der Waals surface area contributed by atoms with E-state index in [1.54, 1.807) is 6.07 Å². The van der Waals surface area contributed by atoms with Crippen LogP contribution in [0.1, 0.15) is 30.1 Å². The van der Waals surface area contributed by atoms with Crippen LogP contribution in [-0.4, -0.2) is 32.6 Å². The van der Waals surface area contributed by atoms with E-state index in [0.717, 1.165) is 31.4 Å². The number of hydrogen-bond acceptors (Lipinski definition) is 3. The van der Waals surface area contributed by atoms with E-state index >= 15 is 0 Å². The van der Waals surface area contributed by atoms with Crippen LogP contribution in [0.4, 0.5) is 5.69 Å². The van der Waals surface area contributed by atoms with Gasteiger partial charge in [-0.3, -0.25) is 4.79 Å². The summed E-state index contributed by atoms with van der Waals surface area (Å²) in [4.78, 5) is 13.4. The number of ether oxygens (including phenoxy) is 1. The van der Waals surface area contributed by atoms with Gasteiger partial charge in [0.05, 0.1) is 11.6 Å². The number of carbonyl (C=O) groups is 1. The quantitative estimate of drug-likeness (QED) is 0.567. The molecule has 0 aliphatic heterocycles. The number of benzene rings is 1. The maximum Gasteiger partial charge on any atom is 0.161 e. The molecule has 1 saturated carbocycles. The summed E-state index contributed by atoms with van der Waals surface area (Å²) in [5.41, 5.74) is 1.58. The molecular weight excluding hydrogens is 262 g/mol. The molecule has 1 aromatic rings. The number of Topliss-reactive ketones (excluding diaryl/α,β-unsaturated/α-hetero) is 1. The van der Waals surface area contributed by atoms with Crippen LogP contribution in [-0.2, 0) is 4.74 Å². The van der Waals surface area contributed by atoms with Crippen molar-refractivity contribution in [3.05, 3.63) is 28.8 Å². The van der Waals surface area contributed by atoms with Gasteiger partial charge in [-0.15, -0.1) is 0 Å². The lowest BCUT2D eigenvalue weighted by atomic mass is 10.1. The Morgan fingerprint density at radius 1 is 1.47 bits per heavy atom. The number of rotatable bonds is 7. The van der Waals surface area contributed by atoms with Crippen LogP contribution in [0, 0.1) is 5.92 Å². The molecule has 1 aliphatic rings. The molecular formula is C15H20ClNO2. The molecule has 1 fully saturated rings. The molecule has 0 spiro atoms. The lowest BCUT2D eigenvalue weighted by molar-refractivity contribution is 0.101. The molecule has 0 saturated heterocycles. The first-order valence-corrected chi connectivity index (χ1v) is 7.05. The Morgan fingerprint density at radius 2 is 2.21 bits per heavy atom. The van der Waals surface area contributed by atoms with Crippen LogP contribution in [0.2, 0.25) is 5.02 Å². The predicted octanol–water partition coefficient (Wildman–Crippen LogP) is 3.41. The number of halogens is 1. The molecule has 4 heteroatoms. The molecule has 0 radical (unpaired) electrons. The van der Waals surface area contributed by atoms with Gasteiger partial charge in [0.15, 0.2) is 5.78 Å². The molecule has 0 aromatic heterocycles. The highest BCUT2D eigenvalue weighted by Crippen LogP contribution is 2.28. The average molecular weight is 282 g/mol. The number of ketones is 1. The SMILES string of the molecule is CC(=O)c1ccc(N(C)CCOCC2CC2)cc1Cl. The van der Waals surface area contributed by atoms with Crippen molar-refractivity contribution in [2.24, 2.45) is 5.92 Å². The fourth-order valence-electron chi connectivity index (χ4n) is 1.89. The molecule has 0 unspecified atom stereocenters. The van der Waals surface area contributed by atoms with Crippen molar-refractivity contribution >= 4 is 23.1 Å². The topological polar surface area (TPSA) is 29.5 Å². The lowest BCUT2D eigenvalue weighted by Gasteiger charge is -2.20. The third kappa shape index (κ3) is 4.22. The van der Waals surface area contributed by atoms with Crippen molar-refractivity contribution < 1.29 is 9.53 Å². The van der Waals surface area contributed by atoms with Crippen LogP contribution in [0.25, 0.3) is 0 Å². The van der Waals surface area contributed by atoms with Gasteiger partial charge in [-0.1, -0.05) is 11.6 Å². The van der Waals surface area contributed by atoms with E-state index in [4.69, 9.17) is 16.3 Å². The lowest BCUT2D eigenvalue weighted by Crippen LogP contribution is -2.23. The third-order valence-electron chi connectivity index (χ3n) is 3.39. The van der Waals surface area contributed by atoms with E-state index in [1.165, 1.54) is 19.8 Å². The van der Waals surface area contributed by atoms with Crippen LogP contribution in [0.15, 0.2) is 18.2 Å². The van der Waals surface area contributed by atoms with Gasteiger partial charge in [-0.2, -0.15) is 0 Å². The van der Waals surface area contributed by atoms with Crippen molar-refractivity contribution in [3.8, 4) is 0 Å². The van der Waals surface area contributed by atoms with E-state index in [0.29, 0.717) is 10.6 Å². The first kappa shape index (κ1) is 14.4. The maximum atomic E-state index is 11.3. The summed E-state index contributed by atoms with van der Waals surface area (Å²) >= 11 is 6.10. The Bertz CT molecular complexity index is 457. The summed E-state index contributed by atoms with van der Waals surface area (Å²) in [6.07, 6.45) is 2.63. The average Bonchev–Trinajstić information content (AvgIpc) is 3.17. The molecule has 0 heterocycles. The van der Waals surface area contributed by atoms with Crippen LogP contribution >= 0.6 is 11.6 Å². The number of carbonyl (C=O) groups excluding carboxylic acids is 1.